The molecule has 1 rings (SSSR count). The number of esters is 1. The second-order valence-electron chi connectivity index (χ2n) is 2.63. The summed E-state index contributed by atoms with van der Waals surface area (Å²) in [5, 5.41) is 0. The predicted molar refractivity (Wildman–Crippen MR) is 52.1 cm³/mol. The number of hydrogen-bond donors (Lipinski definition) is 0. The molecule has 0 aromatic heterocycles. The molecule has 0 aliphatic carbocycles. The van der Waals surface area contributed by atoms with Crippen molar-refractivity contribution in [2.45, 2.75) is 13.8 Å². The van der Waals surface area contributed by atoms with Crippen LogP contribution in [-0.4, -0.2) is 13.1 Å². The fourth-order valence-corrected chi connectivity index (χ4v) is 0.736. The van der Waals surface area contributed by atoms with E-state index in [1.807, 2.05) is 19.1 Å². The zero-order chi connectivity index (χ0) is 10.3. The van der Waals surface area contributed by atoms with Crippen LogP contribution in [0.3, 0.4) is 0 Å². The predicted octanol–water partition coefficient (Wildman–Crippen LogP) is 2.09. The first-order valence-corrected chi connectivity index (χ1v) is 3.91. The number of methoxy groups -OCH3 is 1. The van der Waals surface area contributed by atoms with Crippen LogP contribution in [0.4, 0.5) is 0 Å². The van der Waals surface area contributed by atoms with Crippen LogP contribution in [0.25, 0.3) is 0 Å². The Morgan fingerprint density at radius 1 is 1.50 bits per heavy atom. The van der Waals surface area contributed by atoms with Crippen molar-refractivity contribution in [3.63, 3.8) is 0 Å². The van der Waals surface area contributed by atoms with Gasteiger partial charge in [0.2, 0.25) is 0 Å². The molecule has 75 valence electrons. The summed E-state index contributed by atoms with van der Waals surface area (Å²) >= 11 is 0. The molecule has 3 heteroatoms. The van der Waals surface area contributed by atoms with Gasteiger partial charge in [-0.15, -0.1) is 0 Å². The second-order valence-corrected chi connectivity index (χ2v) is 2.63. The average molecular weight is 267 g/mol. The molecule has 0 bridgehead atoms. The smallest absolute Gasteiger partial charge is 0.164 e. The summed E-state index contributed by atoms with van der Waals surface area (Å²) in [4.78, 5) is 9.48. The molecule has 1 radical (unpaired) electrons. The van der Waals surface area contributed by atoms with Gasteiger partial charge in [-0.3, -0.25) is 11.7 Å². The normalized spacial score (nSPS) is 7.64. The van der Waals surface area contributed by atoms with Crippen LogP contribution in [0, 0.1) is 26.8 Å². The molecule has 0 amide bonds. The van der Waals surface area contributed by atoms with Gasteiger partial charge in [0.1, 0.15) is 0 Å². The molecule has 0 heterocycles. The first-order valence-electron chi connectivity index (χ1n) is 3.91. The monoisotopic (exact) mass is 267 g/mol. The minimum atomic E-state index is -0.495. The molecule has 0 spiro atoms. The van der Waals surface area contributed by atoms with Crippen molar-refractivity contribution in [3.8, 4) is 0 Å². The van der Waals surface area contributed by atoms with Crippen LogP contribution >= 0.6 is 0 Å². The van der Waals surface area contributed by atoms with Gasteiger partial charge in [0.05, 0.1) is 7.11 Å². The number of hydrogen-bond acceptors (Lipinski definition) is 2. The summed E-state index contributed by atoms with van der Waals surface area (Å²) in [7, 11) is 1.29. The average Bonchev–Trinajstić information content (AvgIpc) is 2.05. The van der Waals surface area contributed by atoms with Crippen molar-refractivity contribution < 1.29 is 42.2 Å². The fourth-order valence-electron chi connectivity index (χ4n) is 0.736. The Balaban J connectivity index is 0. The maximum atomic E-state index is 9.48. The number of rotatable bonds is 0. The minimum Gasteiger partial charge on any atom is -0.492 e. The Kier molecular flexibility index (Phi) is 10.6. The molecule has 0 unspecified atom stereocenters. The molecule has 0 aliphatic rings. The summed E-state index contributed by atoms with van der Waals surface area (Å²) in [5.74, 6) is -0.495. The van der Waals surface area contributed by atoms with Crippen molar-refractivity contribution in [1.29, 1.82) is 0 Å². The van der Waals surface area contributed by atoms with Crippen LogP contribution in [0.15, 0.2) is 18.2 Å². The van der Waals surface area contributed by atoms with E-state index in [9.17, 15) is 4.79 Å². The van der Waals surface area contributed by atoms with Crippen molar-refractivity contribution in [1.82, 2.24) is 0 Å². The fraction of sp³-hybridized carbons (Fsp3) is 0.273. The molecule has 1 aromatic rings. The molecule has 0 atom stereocenters. The number of ether oxygens (including phenoxy) is 1. The second kappa shape index (κ2) is 9.23. The summed E-state index contributed by atoms with van der Waals surface area (Å²) in [6, 6.07) is 9.18. The van der Waals surface area contributed by atoms with Gasteiger partial charge < -0.3 is 4.74 Å². The zero-order valence-corrected chi connectivity index (χ0v) is 11.7. The molecule has 1 aromatic carbocycles. The van der Waals surface area contributed by atoms with E-state index in [0.717, 1.165) is 0 Å². The van der Waals surface area contributed by atoms with E-state index < -0.39 is 5.97 Å². The van der Waals surface area contributed by atoms with Gasteiger partial charge >= 0.3 is 0 Å². The third kappa shape index (κ3) is 9.75. The van der Waals surface area contributed by atoms with Gasteiger partial charge in [-0.05, 0) is 0 Å². The summed E-state index contributed by atoms with van der Waals surface area (Å²) in [6.45, 7) is 7.03. The molecular formula is C11H14O2Y-2. The summed E-state index contributed by atoms with van der Waals surface area (Å²) < 4.78 is 4.00. The van der Waals surface area contributed by atoms with Gasteiger partial charge in [-0.25, -0.2) is 0 Å². The van der Waals surface area contributed by atoms with Crippen LogP contribution in [0.1, 0.15) is 11.1 Å². The first kappa shape index (κ1) is 16.1. The number of benzene rings is 1. The minimum absolute atomic E-state index is 0. The van der Waals surface area contributed by atoms with Crippen LogP contribution in [0.5, 0.6) is 0 Å². The number of carbonyl (C=O) groups is 1. The SMILES string of the molecule is Cc1[c-]ccc(C)c1.[CH2-]C(=O)OC.[Y]. The van der Waals surface area contributed by atoms with Crippen LogP contribution in [0.2, 0.25) is 0 Å². The molecular weight excluding hydrogens is 253 g/mol. The van der Waals surface area contributed by atoms with Crippen LogP contribution < -0.4 is 0 Å². The molecule has 0 aliphatic heterocycles. The molecule has 0 fully saturated rings. The van der Waals surface area contributed by atoms with Gasteiger partial charge in [-0.2, -0.15) is 35.4 Å². The Bertz CT molecular complexity index is 254. The van der Waals surface area contributed by atoms with Crippen LogP contribution in [-0.2, 0) is 42.2 Å². The van der Waals surface area contributed by atoms with E-state index >= 15 is 0 Å². The summed E-state index contributed by atoms with van der Waals surface area (Å²) in [6.07, 6.45) is 0. The topological polar surface area (TPSA) is 26.3 Å². The quantitative estimate of drug-likeness (QED) is 0.531. The molecule has 2 nitrogen and oxygen atoms in total. The Hall–Kier alpha value is -0.336. The Labute approximate surface area is 111 Å². The Morgan fingerprint density at radius 3 is 2.21 bits per heavy atom. The largest absolute Gasteiger partial charge is 0.492 e. The van der Waals surface area contributed by atoms with E-state index in [4.69, 9.17) is 0 Å². The van der Waals surface area contributed by atoms with Gasteiger partial charge in [0.25, 0.3) is 0 Å². The number of carbonyl (C=O) groups excluding carboxylic acids is 1. The summed E-state index contributed by atoms with van der Waals surface area (Å²) in [5.41, 5.74) is 2.52. The molecule has 0 N–H and O–H groups in total. The van der Waals surface area contributed by atoms with Crippen molar-refractivity contribution in [2.24, 2.45) is 0 Å². The molecule has 14 heavy (non-hydrogen) atoms. The van der Waals surface area contributed by atoms with Gasteiger partial charge in [0, 0.05) is 32.7 Å². The standard InChI is InChI=1S/C8H9.C3H5O2.Y/c1-7-4-3-5-8(2)6-7;1-3(4)5-2;/h3-4,6H,1-2H3;1H2,2H3;/q2*-1;. The van der Waals surface area contributed by atoms with Crippen molar-refractivity contribution >= 4 is 5.97 Å². The van der Waals surface area contributed by atoms with Gasteiger partial charge in [-0.1, -0.05) is 13.8 Å². The Morgan fingerprint density at radius 2 is 2.00 bits per heavy atom. The van der Waals surface area contributed by atoms with E-state index in [2.05, 4.69) is 30.7 Å². The third-order valence-corrected chi connectivity index (χ3v) is 1.33. The van der Waals surface area contributed by atoms with E-state index in [-0.39, 0.29) is 32.7 Å². The van der Waals surface area contributed by atoms with E-state index in [0.29, 0.717) is 0 Å². The van der Waals surface area contributed by atoms with Crippen molar-refractivity contribution in [2.75, 3.05) is 7.11 Å². The maximum absolute atomic E-state index is 9.48. The third-order valence-electron chi connectivity index (χ3n) is 1.33. The number of aryl methyl sites for hydroxylation is 2. The molecule has 0 saturated carbocycles. The van der Waals surface area contributed by atoms with Gasteiger partial charge in [0.15, 0.2) is 5.97 Å². The first-order chi connectivity index (χ1) is 6.06. The maximum Gasteiger partial charge on any atom is 0.164 e. The van der Waals surface area contributed by atoms with E-state index in [1.54, 1.807) is 0 Å². The van der Waals surface area contributed by atoms with Crippen molar-refractivity contribution in [3.05, 3.63) is 42.3 Å². The zero-order valence-electron chi connectivity index (χ0n) is 8.83. The molecule has 0 saturated heterocycles. The van der Waals surface area contributed by atoms with E-state index in [1.165, 1.54) is 18.2 Å².